The average molecular weight is 292 g/mol. The van der Waals surface area contributed by atoms with Crippen LogP contribution in [-0.2, 0) is 6.61 Å². The SMILES string of the molecule is COc1ccc(COc2cc(F)cc(N)c2[N+](=O)[O-])cc1. The third kappa shape index (κ3) is 3.38. The molecule has 21 heavy (non-hydrogen) atoms. The molecule has 0 unspecified atom stereocenters. The van der Waals surface area contributed by atoms with Crippen LogP contribution in [0.25, 0.3) is 0 Å². The molecule has 7 heteroatoms. The standard InChI is InChI=1S/C14H13FN2O4/c1-20-11-4-2-9(3-5-11)8-21-13-7-10(15)6-12(16)14(13)17(18)19/h2-7H,8,16H2,1H3. The highest BCUT2D eigenvalue weighted by Gasteiger charge is 2.21. The maximum absolute atomic E-state index is 13.3. The Morgan fingerprint density at radius 3 is 2.52 bits per heavy atom. The molecule has 0 aliphatic carbocycles. The van der Waals surface area contributed by atoms with Gasteiger partial charge in [0.25, 0.3) is 0 Å². The molecule has 0 spiro atoms. The van der Waals surface area contributed by atoms with E-state index in [1.54, 1.807) is 31.4 Å². The van der Waals surface area contributed by atoms with E-state index in [-0.39, 0.29) is 18.0 Å². The number of nitrogens with two attached hydrogens (primary N) is 1. The number of rotatable bonds is 5. The van der Waals surface area contributed by atoms with Gasteiger partial charge in [0, 0.05) is 12.1 Å². The molecule has 2 rings (SSSR count). The number of nitro groups is 1. The molecule has 0 amide bonds. The summed E-state index contributed by atoms with van der Waals surface area (Å²) in [5.41, 5.74) is 5.50. The summed E-state index contributed by atoms with van der Waals surface area (Å²) in [6.07, 6.45) is 0. The topological polar surface area (TPSA) is 87.6 Å². The van der Waals surface area contributed by atoms with Crippen LogP contribution in [0, 0.1) is 15.9 Å². The average Bonchev–Trinajstić information content (AvgIpc) is 2.44. The highest BCUT2D eigenvalue weighted by Crippen LogP contribution is 2.34. The van der Waals surface area contributed by atoms with E-state index in [2.05, 4.69) is 0 Å². The molecule has 0 atom stereocenters. The fourth-order valence-electron chi connectivity index (χ4n) is 1.78. The quantitative estimate of drug-likeness (QED) is 0.520. The van der Waals surface area contributed by atoms with Gasteiger partial charge in [0.05, 0.1) is 12.0 Å². The summed E-state index contributed by atoms with van der Waals surface area (Å²) in [5.74, 6) is -0.212. The van der Waals surface area contributed by atoms with Crippen molar-refractivity contribution in [3.05, 3.63) is 57.9 Å². The molecule has 110 valence electrons. The van der Waals surface area contributed by atoms with Crippen LogP contribution >= 0.6 is 0 Å². The van der Waals surface area contributed by atoms with E-state index in [9.17, 15) is 14.5 Å². The van der Waals surface area contributed by atoms with Gasteiger partial charge in [0.2, 0.25) is 5.75 Å². The fraction of sp³-hybridized carbons (Fsp3) is 0.143. The molecule has 0 radical (unpaired) electrons. The molecule has 2 aromatic carbocycles. The Morgan fingerprint density at radius 1 is 1.29 bits per heavy atom. The molecule has 2 aromatic rings. The first kappa shape index (κ1) is 14.6. The van der Waals surface area contributed by atoms with Gasteiger partial charge in [-0.1, -0.05) is 12.1 Å². The van der Waals surface area contributed by atoms with Crippen LogP contribution < -0.4 is 15.2 Å². The second-order valence-electron chi connectivity index (χ2n) is 4.24. The van der Waals surface area contributed by atoms with Crippen molar-refractivity contribution in [2.45, 2.75) is 6.61 Å². The minimum Gasteiger partial charge on any atom is -0.497 e. The number of anilines is 1. The van der Waals surface area contributed by atoms with Gasteiger partial charge in [0.1, 0.15) is 23.9 Å². The normalized spacial score (nSPS) is 10.2. The second-order valence-corrected chi connectivity index (χ2v) is 4.24. The maximum Gasteiger partial charge on any atom is 0.333 e. The summed E-state index contributed by atoms with van der Waals surface area (Å²) in [7, 11) is 1.55. The van der Waals surface area contributed by atoms with Crippen LogP contribution in [0.1, 0.15) is 5.56 Å². The van der Waals surface area contributed by atoms with E-state index in [1.807, 2.05) is 0 Å². The Labute approximate surface area is 120 Å². The zero-order valence-corrected chi connectivity index (χ0v) is 11.2. The van der Waals surface area contributed by atoms with E-state index in [0.29, 0.717) is 5.75 Å². The number of benzene rings is 2. The maximum atomic E-state index is 13.3. The molecule has 0 aliphatic heterocycles. The third-order valence-corrected chi connectivity index (χ3v) is 2.81. The monoisotopic (exact) mass is 292 g/mol. The summed E-state index contributed by atoms with van der Waals surface area (Å²) in [4.78, 5) is 10.3. The summed E-state index contributed by atoms with van der Waals surface area (Å²) < 4.78 is 23.6. The number of nitrogens with zero attached hydrogens (tertiary/aromatic N) is 1. The summed E-state index contributed by atoms with van der Waals surface area (Å²) >= 11 is 0. The third-order valence-electron chi connectivity index (χ3n) is 2.81. The van der Waals surface area contributed by atoms with Gasteiger partial charge in [-0.25, -0.2) is 4.39 Å². The lowest BCUT2D eigenvalue weighted by molar-refractivity contribution is -0.385. The highest BCUT2D eigenvalue weighted by atomic mass is 19.1. The fourth-order valence-corrected chi connectivity index (χ4v) is 1.78. The number of halogens is 1. The van der Waals surface area contributed by atoms with Crippen molar-refractivity contribution in [3.8, 4) is 11.5 Å². The Morgan fingerprint density at radius 2 is 1.95 bits per heavy atom. The van der Waals surface area contributed by atoms with Gasteiger partial charge in [-0.2, -0.15) is 0 Å². The summed E-state index contributed by atoms with van der Waals surface area (Å²) in [5, 5.41) is 11.0. The summed E-state index contributed by atoms with van der Waals surface area (Å²) in [6, 6.07) is 8.77. The predicted molar refractivity (Wildman–Crippen MR) is 74.8 cm³/mol. The van der Waals surface area contributed by atoms with Crippen molar-refractivity contribution >= 4 is 11.4 Å². The van der Waals surface area contributed by atoms with Crippen molar-refractivity contribution in [2.24, 2.45) is 0 Å². The van der Waals surface area contributed by atoms with E-state index in [1.165, 1.54) is 0 Å². The second kappa shape index (κ2) is 6.08. The molecular formula is C14H13FN2O4. The number of hydrogen-bond acceptors (Lipinski definition) is 5. The number of hydrogen-bond donors (Lipinski definition) is 1. The minimum absolute atomic E-state index is 0.0493. The van der Waals surface area contributed by atoms with Crippen LogP contribution in [0.3, 0.4) is 0 Å². The Balaban J connectivity index is 2.20. The van der Waals surface area contributed by atoms with Gasteiger partial charge in [-0.15, -0.1) is 0 Å². The Hall–Kier alpha value is -2.83. The van der Waals surface area contributed by atoms with Gasteiger partial charge in [0.15, 0.2) is 0 Å². The molecule has 0 heterocycles. The van der Waals surface area contributed by atoms with Crippen molar-refractivity contribution in [2.75, 3.05) is 12.8 Å². The van der Waals surface area contributed by atoms with E-state index >= 15 is 0 Å². The Bertz CT molecular complexity index is 659. The van der Waals surface area contributed by atoms with E-state index in [0.717, 1.165) is 17.7 Å². The van der Waals surface area contributed by atoms with Crippen molar-refractivity contribution < 1.29 is 18.8 Å². The van der Waals surface area contributed by atoms with Crippen molar-refractivity contribution in [1.29, 1.82) is 0 Å². The number of nitrogen functional groups attached to an aromatic ring is 1. The lowest BCUT2D eigenvalue weighted by Gasteiger charge is -2.09. The van der Waals surface area contributed by atoms with E-state index in [4.69, 9.17) is 15.2 Å². The minimum atomic E-state index is -0.696. The van der Waals surface area contributed by atoms with Gasteiger partial charge < -0.3 is 15.2 Å². The number of methoxy groups -OCH3 is 1. The van der Waals surface area contributed by atoms with Crippen LogP contribution in [0.5, 0.6) is 11.5 Å². The van der Waals surface area contributed by atoms with Crippen molar-refractivity contribution in [3.63, 3.8) is 0 Å². The van der Waals surface area contributed by atoms with Crippen LogP contribution in [0.4, 0.5) is 15.8 Å². The molecule has 0 saturated heterocycles. The number of ether oxygens (including phenoxy) is 2. The van der Waals surface area contributed by atoms with Gasteiger partial charge >= 0.3 is 5.69 Å². The first-order valence-electron chi connectivity index (χ1n) is 6.00. The molecule has 0 bridgehead atoms. The first-order valence-corrected chi connectivity index (χ1v) is 6.00. The first-order chi connectivity index (χ1) is 10.0. The zero-order valence-electron chi connectivity index (χ0n) is 11.2. The lowest BCUT2D eigenvalue weighted by atomic mass is 10.2. The molecule has 2 N–H and O–H groups in total. The molecule has 0 aliphatic rings. The zero-order chi connectivity index (χ0) is 15.4. The predicted octanol–water partition coefficient (Wildman–Crippen LogP) is 2.90. The smallest absolute Gasteiger partial charge is 0.333 e. The largest absolute Gasteiger partial charge is 0.497 e. The highest BCUT2D eigenvalue weighted by molar-refractivity contribution is 5.66. The van der Waals surface area contributed by atoms with E-state index < -0.39 is 16.4 Å². The van der Waals surface area contributed by atoms with Gasteiger partial charge in [-0.05, 0) is 17.7 Å². The van der Waals surface area contributed by atoms with Crippen LogP contribution in [-0.4, -0.2) is 12.0 Å². The lowest BCUT2D eigenvalue weighted by Crippen LogP contribution is -2.03. The van der Waals surface area contributed by atoms with Crippen molar-refractivity contribution in [1.82, 2.24) is 0 Å². The van der Waals surface area contributed by atoms with Crippen LogP contribution in [0.2, 0.25) is 0 Å². The summed E-state index contributed by atoms with van der Waals surface area (Å²) in [6.45, 7) is 0.0493. The van der Waals surface area contributed by atoms with Gasteiger partial charge in [-0.3, -0.25) is 10.1 Å². The molecule has 0 fully saturated rings. The Kier molecular flexibility index (Phi) is 4.22. The molecular weight excluding hydrogens is 279 g/mol. The molecule has 0 aromatic heterocycles. The molecule has 0 saturated carbocycles. The number of nitro benzene ring substituents is 1. The van der Waals surface area contributed by atoms with Crippen LogP contribution in [0.15, 0.2) is 36.4 Å². The molecule has 6 nitrogen and oxygen atoms in total.